The van der Waals surface area contributed by atoms with E-state index in [0.29, 0.717) is 25.4 Å². The molecule has 0 amide bonds. The maximum absolute atomic E-state index is 11.5. The van der Waals surface area contributed by atoms with Crippen LogP contribution in [-0.4, -0.2) is 23.7 Å². The number of hydrogen-bond donors (Lipinski definition) is 2. The monoisotopic (exact) mass is 291 g/mol. The SMILES string of the molecule is CCC(Cc1ccc(C)cc1)NCC(CC)(CC)C(=O)O. The number of aryl methyl sites for hydroxylation is 1. The predicted octanol–water partition coefficient (Wildman–Crippen LogP) is 3.80. The molecule has 0 fully saturated rings. The second kappa shape index (κ2) is 8.18. The van der Waals surface area contributed by atoms with Crippen LogP contribution >= 0.6 is 0 Å². The molecule has 1 aromatic rings. The van der Waals surface area contributed by atoms with Gasteiger partial charge in [0.15, 0.2) is 0 Å². The summed E-state index contributed by atoms with van der Waals surface area (Å²) in [5.41, 5.74) is 1.93. The molecule has 21 heavy (non-hydrogen) atoms. The Kier molecular flexibility index (Phi) is 6.90. The van der Waals surface area contributed by atoms with E-state index in [1.807, 2.05) is 13.8 Å². The number of nitrogens with one attached hydrogen (secondary N) is 1. The third-order valence-electron chi connectivity index (χ3n) is 4.63. The van der Waals surface area contributed by atoms with Crippen LogP contribution in [0.2, 0.25) is 0 Å². The Morgan fingerprint density at radius 1 is 1.19 bits per heavy atom. The van der Waals surface area contributed by atoms with Crippen LogP contribution in [0.25, 0.3) is 0 Å². The van der Waals surface area contributed by atoms with E-state index >= 15 is 0 Å². The van der Waals surface area contributed by atoms with Gasteiger partial charge in [-0.15, -0.1) is 0 Å². The van der Waals surface area contributed by atoms with E-state index < -0.39 is 11.4 Å². The zero-order valence-electron chi connectivity index (χ0n) is 13.8. The summed E-state index contributed by atoms with van der Waals surface area (Å²) in [5, 5.41) is 13.0. The molecule has 0 saturated heterocycles. The highest BCUT2D eigenvalue weighted by atomic mass is 16.4. The van der Waals surface area contributed by atoms with Crippen LogP contribution in [-0.2, 0) is 11.2 Å². The number of hydrogen-bond acceptors (Lipinski definition) is 2. The molecular weight excluding hydrogens is 262 g/mol. The number of carbonyl (C=O) groups is 1. The average Bonchev–Trinajstić information content (AvgIpc) is 2.49. The molecular formula is C18H29NO2. The molecule has 118 valence electrons. The summed E-state index contributed by atoms with van der Waals surface area (Å²) < 4.78 is 0. The van der Waals surface area contributed by atoms with E-state index in [0.717, 1.165) is 12.8 Å². The van der Waals surface area contributed by atoms with Gasteiger partial charge in [-0.1, -0.05) is 50.6 Å². The Morgan fingerprint density at radius 3 is 2.19 bits per heavy atom. The number of rotatable bonds is 9. The largest absolute Gasteiger partial charge is 0.481 e. The van der Waals surface area contributed by atoms with Gasteiger partial charge in [-0.3, -0.25) is 4.79 Å². The smallest absolute Gasteiger partial charge is 0.310 e. The zero-order chi connectivity index (χ0) is 15.9. The quantitative estimate of drug-likeness (QED) is 0.727. The lowest BCUT2D eigenvalue weighted by molar-refractivity contribution is -0.149. The minimum Gasteiger partial charge on any atom is -0.481 e. The minimum atomic E-state index is -0.690. The van der Waals surface area contributed by atoms with Gasteiger partial charge in [-0.25, -0.2) is 0 Å². The van der Waals surface area contributed by atoms with Crippen LogP contribution in [0.5, 0.6) is 0 Å². The zero-order valence-corrected chi connectivity index (χ0v) is 13.8. The van der Waals surface area contributed by atoms with Crippen molar-refractivity contribution in [3.05, 3.63) is 35.4 Å². The van der Waals surface area contributed by atoms with E-state index in [1.165, 1.54) is 11.1 Å². The van der Waals surface area contributed by atoms with Crippen molar-refractivity contribution >= 4 is 5.97 Å². The van der Waals surface area contributed by atoms with Gasteiger partial charge in [0.1, 0.15) is 0 Å². The highest BCUT2D eigenvalue weighted by Gasteiger charge is 2.34. The Balaban J connectivity index is 2.65. The minimum absolute atomic E-state index is 0.324. The van der Waals surface area contributed by atoms with E-state index in [-0.39, 0.29) is 0 Å². The molecule has 1 aromatic carbocycles. The topological polar surface area (TPSA) is 49.3 Å². The lowest BCUT2D eigenvalue weighted by Gasteiger charge is -2.29. The van der Waals surface area contributed by atoms with Crippen molar-refractivity contribution in [3.63, 3.8) is 0 Å². The Labute approximate surface area is 128 Å². The summed E-state index contributed by atoms with van der Waals surface area (Å²) in [7, 11) is 0. The van der Waals surface area contributed by atoms with Crippen LogP contribution in [0.4, 0.5) is 0 Å². The number of carboxylic acids is 1. The van der Waals surface area contributed by atoms with Crippen LogP contribution < -0.4 is 5.32 Å². The van der Waals surface area contributed by atoms with Gasteiger partial charge in [0.05, 0.1) is 5.41 Å². The highest BCUT2D eigenvalue weighted by molar-refractivity contribution is 5.74. The fourth-order valence-corrected chi connectivity index (χ4v) is 2.59. The molecule has 0 aliphatic rings. The highest BCUT2D eigenvalue weighted by Crippen LogP contribution is 2.26. The Morgan fingerprint density at radius 2 is 1.76 bits per heavy atom. The molecule has 1 atom stereocenters. The third kappa shape index (κ3) is 4.85. The van der Waals surface area contributed by atoms with Crippen molar-refractivity contribution in [1.29, 1.82) is 0 Å². The molecule has 1 unspecified atom stereocenters. The van der Waals surface area contributed by atoms with Crippen LogP contribution in [0.3, 0.4) is 0 Å². The maximum atomic E-state index is 11.5. The van der Waals surface area contributed by atoms with E-state index in [4.69, 9.17) is 0 Å². The normalized spacial score (nSPS) is 13.1. The predicted molar refractivity (Wildman–Crippen MR) is 87.6 cm³/mol. The third-order valence-corrected chi connectivity index (χ3v) is 4.63. The van der Waals surface area contributed by atoms with E-state index in [2.05, 4.69) is 43.4 Å². The van der Waals surface area contributed by atoms with Crippen molar-refractivity contribution in [2.24, 2.45) is 5.41 Å². The van der Waals surface area contributed by atoms with E-state index in [9.17, 15) is 9.90 Å². The first kappa shape index (κ1) is 17.7. The summed E-state index contributed by atoms with van der Waals surface area (Å²) in [5.74, 6) is -0.690. The van der Waals surface area contributed by atoms with Crippen molar-refractivity contribution in [3.8, 4) is 0 Å². The Hall–Kier alpha value is -1.35. The van der Waals surface area contributed by atoms with Crippen molar-refractivity contribution in [1.82, 2.24) is 5.32 Å². The Bertz CT molecular complexity index is 435. The van der Waals surface area contributed by atoms with Gasteiger partial charge in [0.25, 0.3) is 0 Å². The second-order valence-electron chi connectivity index (χ2n) is 5.97. The summed E-state index contributed by atoms with van der Waals surface area (Å²) in [6, 6.07) is 8.89. The first-order chi connectivity index (χ1) is 9.97. The molecule has 0 aliphatic heterocycles. The number of benzene rings is 1. The standard InChI is InChI=1S/C18H29NO2/c1-5-16(12-15-10-8-14(4)9-11-15)19-13-18(6-2,7-3)17(20)21/h8-11,16,19H,5-7,12-13H2,1-4H3,(H,20,21). The molecule has 0 saturated carbocycles. The maximum Gasteiger partial charge on any atom is 0.310 e. The molecule has 2 N–H and O–H groups in total. The van der Waals surface area contributed by atoms with Crippen LogP contribution in [0, 0.1) is 12.3 Å². The molecule has 0 bridgehead atoms. The summed E-state index contributed by atoms with van der Waals surface area (Å²) in [6.07, 6.45) is 3.26. The van der Waals surface area contributed by atoms with Crippen molar-refractivity contribution in [2.75, 3.05) is 6.54 Å². The molecule has 3 heteroatoms. The molecule has 1 rings (SSSR count). The van der Waals surface area contributed by atoms with Gasteiger partial charge in [-0.05, 0) is 38.2 Å². The second-order valence-corrected chi connectivity index (χ2v) is 5.97. The average molecular weight is 291 g/mol. The molecule has 0 aliphatic carbocycles. The van der Waals surface area contributed by atoms with Gasteiger partial charge in [0.2, 0.25) is 0 Å². The number of carboxylic acid groups (broad SMARTS) is 1. The van der Waals surface area contributed by atoms with Crippen LogP contribution in [0.15, 0.2) is 24.3 Å². The van der Waals surface area contributed by atoms with Crippen LogP contribution in [0.1, 0.15) is 51.2 Å². The van der Waals surface area contributed by atoms with Gasteiger partial charge in [0, 0.05) is 12.6 Å². The summed E-state index contributed by atoms with van der Waals surface area (Å²) in [4.78, 5) is 11.5. The van der Waals surface area contributed by atoms with E-state index in [1.54, 1.807) is 0 Å². The molecule has 3 nitrogen and oxygen atoms in total. The van der Waals surface area contributed by atoms with Gasteiger partial charge < -0.3 is 10.4 Å². The lowest BCUT2D eigenvalue weighted by Crippen LogP contribution is -2.44. The molecule has 0 spiro atoms. The van der Waals surface area contributed by atoms with Crippen molar-refractivity contribution in [2.45, 2.75) is 59.4 Å². The first-order valence-corrected chi connectivity index (χ1v) is 7.99. The molecule has 0 aromatic heterocycles. The fraction of sp³-hybridized carbons (Fsp3) is 0.611. The molecule has 0 radical (unpaired) electrons. The lowest BCUT2D eigenvalue weighted by atomic mass is 9.82. The molecule has 0 heterocycles. The summed E-state index contributed by atoms with van der Waals surface area (Å²) >= 11 is 0. The van der Waals surface area contributed by atoms with Crippen molar-refractivity contribution < 1.29 is 9.90 Å². The number of aliphatic carboxylic acids is 1. The van der Waals surface area contributed by atoms with Gasteiger partial charge >= 0.3 is 5.97 Å². The first-order valence-electron chi connectivity index (χ1n) is 7.99. The van der Waals surface area contributed by atoms with Gasteiger partial charge in [-0.2, -0.15) is 0 Å². The fourth-order valence-electron chi connectivity index (χ4n) is 2.59. The summed E-state index contributed by atoms with van der Waals surface area (Å²) in [6.45, 7) is 8.69.